The Morgan fingerprint density at radius 3 is 2.25 bits per heavy atom. The van der Waals surface area contributed by atoms with Crippen LogP contribution in [0.4, 0.5) is 0 Å². The first-order valence-corrected chi connectivity index (χ1v) is 5.72. The minimum atomic E-state index is -0.791. The molecule has 1 atom stereocenters. The summed E-state index contributed by atoms with van der Waals surface area (Å²) < 4.78 is 5.04. The van der Waals surface area contributed by atoms with Gasteiger partial charge in [0.15, 0.2) is 0 Å². The number of nitrogens with two attached hydrogens (primary N) is 1. The van der Waals surface area contributed by atoms with Gasteiger partial charge in [-0.1, -0.05) is 19.1 Å². The Bertz CT molecular complexity index is 279. The van der Waals surface area contributed by atoms with Crippen molar-refractivity contribution in [2.75, 3.05) is 13.7 Å². The zero-order chi connectivity index (χ0) is 13.0. The fourth-order valence-corrected chi connectivity index (χ4v) is 1.53. The molecule has 0 rings (SSSR count). The number of hydrogen-bond acceptors (Lipinski definition) is 3. The molecule has 4 nitrogen and oxygen atoms in total. The highest BCUT2D eigenvalue weighted by Gasteiger charge is 2.37. The Hall–Kier alpha value is -0.680. The van der Waals surface area contributed by atoms with Gasteiger partial charge in [0.2, 0.25) is 5.91 Å². The third kappa shape index (κ3) is 3.72. The number of rotatable bonds is 6. The molecule has 0 heterocycles. The summed E-state index contributed by atoms with van der Waals surface area (Å²) in [5.41, 5.74) is 4.40. The van der Waals surface area contributed by atoms with Gasteiger partial charge in [-0.3, -0.25) is 4.79 Å². The Morgan fingerprint density at radius 2 is 1.94 bits per heavy atom. The second kappa shape index (κ2) is 5.59. The van der Waals surface area contributed by atoms with E-state index in [1.165, 1.54) is 0 Å². The van der Waals surface area contributed by atoms with Crippen molar-refractivity contribution in [2.24, 2.45) is 11.1 Å². The summed E-state index contributed by atoms with van der Waals surface area (Å²) in [6, 6.07) is 0. The smallest absolute Gasteiger partial charge is 0.233 e. The van der Waals surface area contributed by atoms with Crippen molar-refractivity contribution in [1.82, 2.24) is 5.32 Å². The van der Waals surface area contributed by atoms with E-state index in [1.807, 2.05) is 20.8 Å². The molecule has 5 heteroatoms. The number of carbonyl (C=O) groups excluding carboxylic acids is 1. The predicted molar refractivity (Wildman–Crippen MR) is 69.3 cm³/mol. The number of methoxy groups -OCH3 is 1. The maximum absolute atomic E-state index is 12.1. The zero-order valence-electron chi connectivity index (χ0n) is 10.7. The van der Waals surface area contributed by atoms with Gasteiger partial charge in [0.05, 0.1) is 22.5 Å². The van der Waals surface area contributed by atoms with Crippen LogP contribution in [0.5, 0.6) is 0 Å². The Morgan fingerprint density at radius 1 is 1.44 bits per heavy atom. The standard InChI is InChI=1S/C11H22N2O2S/c1-6-11(4,8(12)16)9(14)13-10(2,3)7-15-5/h6-7H2,1-5H3,(H2,12,16)(H,13,14). The lowest BCUT2D eigenvalue weighted by Gasteiger charge is -2.32. The molecule has 0 aromatic heterocycles. The van der Waals surface area contributed by atoms with Crippen molar-refractivity contribution in [1.29, 1.82) is 0 Å². The fourth-order valence-electron chi connectivity index (χ4n) is 1.29. The van der Waals surface area contributed by atoms with Gasteiger partial charge < -0.3 is 15.8 Å². The first-order valence-electron chi connectivity index (χ1n) is 5.31. The van der Waals surface area contributed by atoms with E-state index < -0.39 is 11.0 Å². The quantitative estimate of drug-likeness (QED) is 0.692. The van der Waals surface area contributed by atoms with Crippen molar-refractivity contribution in [3.05, 3.63) is 0 Å². The second-order valence-electron chi connectivity index (χ2n) is 4.82. The topological polar surface area (TPSA) is 64.3 Å². The molecule has 16 heavy (non-hydrogen) atoms. The molecule has 0 aromatic rings. The summed E-state index contributed by atoms with van der Waals surface area (Å²) >= 11 is 4.95. The summed E-state index contributed by atoms with van der Waals surface area (Å²) in [5.74, 6) is -0.149. The highest BCUT2D eigenvalue weighted by atomic mass is 32.1. The first-order chi connectivity index (χ1) is 7.19. The molecule has 0 aromatic carbocycles. The van der Waals surface area contributed by atoms with Crippen LogP contribution in [-0.4, -0.2) is 30.2 Å². The Balaban J connectivity index is 4.74. The maximum Gasteiger partial charge on any atom is 0.233 e. The van der Waals surface area contributed by atoms with Crippen LogP contribution >= 0.6 is 12.2 Å². The van der Waals surface area contributed by atoms with Crippen LogP contribution < -0.4 is 11.1 Å². The molecule has 0 saturated carbocycles. The molecular weight excluding hydrogens is 224 g/mol. The minimum absolute atomic E-state index is 0.149. The number of hydrogen-bond donors (Lipinski definition) is 2. The van der Waals surface area contributed by atoms with Gasteiger partial charge in [-0.2, -0.15) is 0 Å². The molecule has 0 radical (unpaired) electrons. The van der Waals surface area contributed by atoms with Gasteiger partial charge >= 0.3 is 0 Å². The molecular formula is C11H22N2O2S. The van der Waals surface area contributed by atoms with E-state index in [9.17, 15) is 4.79 Å². The number of carbonyl (C=O) groups is 1. The Kier molecular flexibility index (Phi) is 5.35. The molecule has 94 valence electrons. The van der Waals surface area contributed by atoms with Crippen LogP contribution in [-0.2, 0) is 9.53 Å². The average Bonchev–Trinajstić information content (AvgIpc) is 2.14. The molecule has 0 spiro atoms. The largest absolute Gasteiger partial charge is 0.392 e. The normalized spacial score (nSPS) is 15.3. The SMILES string of the molecule is CCC(C)(C(=O)NC(C)(C)COC)C(N)=S. The van der Waals surface area contributed by atoms with Crippen molar-refractivity contribution in [3.63, 3.8) is 0 Å². The third-order valence-corrected chi connectivity index (χ3v) is 3.16. The van der Waals surface area contributed by atoms with Crippen LogP contribution in [0.1, 0.15) is 34.1 Å². The van der Waals surface area contributed by atoms with E-state index in [1.54, 1.807) is 14.0 Å². The van der Waals surface area contributed by atoms with E-state index in [2.05, 4.69) is 5.32 Å². The lowest BCUT2D eigenvalue weighted by Crippen LogP contribution is -2.55. The van der Waals surface area contributed by atoms with Gasteiger partial charge in [-0.05, 0) is 27.2 Å². The monoisotopic (exact) mass is 246 g/mol. The summed E-state index contributed by atoms with van der Waals surface area (Å²) in [4.78, 5) is 12.3. The molecule has 3 N–H and O–H groups in total. The van der Waals surface area contributed by atoms with Crippen molar-refractivity contribution >= 4 is 23.1 Å². The molecule has 0 aliphatic rings. The molecule has 0 fully saturated rings. The Labute approximate surface area is 103 Å². The van der Waals surface area contributed by atoms with Crippen molar-refractivity contribution < 1.29 is 9.53 Å². The summed E-state index contributed by atoms with van der Waals surface area (Å²) in [7, 11) is 1.60. The van der Waals surface area contributed by atoms with Crippen LogP contribution in [0.15, 0.2) is 0 Å². The van der Waals surface area contributed by atoms with Gasteiger partial charge in [-0.15, -0.1) is 0 Å². The van der Waals surface area contributed by atoms with Crippen LogP contribution in [0.2, 0.25) is 0 Å². The molecule has 0 bridgehead atoms. The fraction of sp³-hybridized carbons (Fsp3) is 0.818. The van der Waals surface area contributed by atoms with Crippen LogP contribution in [0, 0.1) is 5.41 Å². The highest BCUT2D eigenvalue weighted by Crippen LogP contribution is 2.23. The first kappa shape index (κ1) is 15.3. The summed E-state index contributed by atoms with van der Waals surface area (Å²) in [6.07, 6.45) is 0.581. The molecule has 1 amide bonds. The number of thiocarbonyl (C=S) groups is 1. The van der Waals surface area contributed by atoms with Gasteiger partial charge in [0.25, 0.3) is 0 Å². The minimum Gasteiger partial charge on any atom is -0.392 e. The van der Waals surface area contributed by atoms with E-state index in [0.29, 0.717) is 13.0 Å². The van der Waals surface area contributed by atoms with Crippen molar-refractivity contribution in [2.45, 2.75) is 39.7 Å². The second-order valence-corrected chi connectivity index (χ2v) is 5.26. The molecule has 0 aliphatic heterocycles. The van der Waals surface area contributed by atoms with E-state index in [-0.39, 0.29) is 10.9 Å². The van der Waals surface area contributed by atoms with E-state index in [0.717, 1.165) is 0 Å². The third-order valence-electron chi connectivity index (χ3n) is 2.71. The number of amides is 1. The van der Waals surface area contributed by atoms with Gasteiger partial charge in [0, 0.05) is 7.11 Å². The average molecular weight is 246 g/mol. The lowest BCUT2D eigenvalue weighted by molar-refractivity contribution is -0.129. The van der Waals surface area contributed by atoms with Crippen LogP contribution in [0.3, 0.4) is 0 Å². The van der Waals surface area contributed by atoms with Crippen LogP contribution in [0.25, 0.3) is 0 Å². The van der Waals surface area contributed by atoms with Gasteiger partial charge in [-0.25, -0.2) is 0 Å². The summed E-state index contributed by atoms with van der Waals surface area (Å²) in [6.45, 7) is 7.87. The van der Waals surface area contributed by atoms with E-state index in [4.69, 9.17) is 22.7 Å². The lowest BCUT2D eigenvalue weighted by atomic mass is 9.85. The number of ether oxygens (including phenoxy) is 1. The zero-order valence-corrected chi connectivity index (χ0v) is 11.5. The van der Waals surface area contributed by atoms with Crippen molar-refractivity contribution in [3.8, 4) is 0 Å². The summed E-state index contributed by atoms with van der Waals surface area (Å²) in [5, 5.41) is 2.90. The molecule has 0 aliphatic carbocycles. The van der Waals surface area contributed by atoms with E-state index >= 15 is 0 Å². The van der Waals surface area contributed by atoms with Gasteiger partial charge in [0.1, 0.15) is 0 Å². The number of nitrogens with one attached hydrogen (secondary N) is 1. The predicted octanol–water partition coefficient (Wildman–Crippen LogP) is 1.23. The molecule has 1 unspecified atom stereocenters. The molecule has 0 saturated heterocycles. The maximum atomic E-state index is 12.1. The highest BCUT2D eigenvalue weighted by molar-refractivity contribution is 7.80.